The average molecular weight is 293 g/mol. The Bertz CT molecular complexity index is 696. The number of anilines is 1. The number of hydrogen-bond donors (Lipinski definition) is 2. The number of aromatic nitrogens is 3. The van der Waals surface area contributed by atoms with Crippen LogP contribution in [0.5, 0.6) is 0 Å². The van der Waals surface area contributed by atoms with Crippen LogP contribution in [0.25, 0.3) is 0 Å². The number of H-pyrrole nitrogens is 1. The van der Waals surface area contributed by atoms with E-state index in [4.69, 9.17) is 11.6 Å². The minimum Gasteiger partial charge on any atom is -0.377 e. The van der Waals surface area contributed by atoms with Crippen LogP contribution in [0.2, 0.25) is 5.15 Å². The van der Waals surface area contributed by atoms with Crippen molar-refractivity contribution < 1.29 is 0 Å². The number of rotatable bonds is 3. The van der Waals surface area contributed by atoms with Crippen molar-refractivity contribution in [1.82, 2.24) is 15.0 Å². The lowest BCUT2D eigenvalue weighted by Crippen LogP contribution is -2.23. The first-order valence-electron chi connectivity index (χ1n) is 6.34. The summed E-state index contributed by atoms with van der Waals surface area (Å²) in [5.74, 6) is 0.618. The van der Waals surface area contributed by atoms with Gasteiger partial charge in [-0.05, 0) is 39.3 Å². The lowest BCUT2D eigenvalue weighted by molar-refractivity contribution is 0.813. The lowest BCUT2D eigenvalue weighted by atomic mass is 10.1. The smallest absolute Gasteiger partial charge is 0.256 e. The van der Waals surface area contributed by atoms with Gasteiger partial charge in [-0.1, -0.05) is 11.6 Å². The molecular formula is C14H17ClN4O. The third-order valence-corrected chi connectivity index (χ3v) is 3.49. The molecule has 0 aliphatic rings. The van der Waals surface area contributed by atoms with Crippen molar-refractivity contribution in [3.63, 3.8) is 0 Å². The topological polar surface area (TPSA) is 70.7 Å². The molecule has 0 saturated carbocycles. The monoisotopic (exact) mass is 292 g/mol. The first-order valence-corrected chi connectivity index (χ1v) is 6.72. The maximum atomic E-state index is 12.0. The molecule has 0 aliphatic carbocycles. The Morgan fingerprint density at radius 3 is 2.65 bits per heavy atom. The van der Waals surface area contributed by atoms with Crippen molar-refractivity contribution >= 4 is 17.3 Å². The van der Waals surface area contributed by atoms with Crippen molar-refractivity contribution in [3.8, 4) is 0 Å². The van der Waals surface area contributed by atoms with Gasteiger partial charge in [0.25, 0.3) is 5.56 Å². The molecule has 0 fully saturated rings. The van der Waals surface area contributed by atoms with Crippen LogP contribution < -0.4 is 10.9 Å². The highest BCUT2D eigenvalue weighted by atomic mass is 35.5. The van der Waals surface area contributed by atoms with Gasteiger partial charge in [0.2, 0.25) is 0 Å². The summed E-state index contributed by atoms with van der Waals surface area (Å²) in [7, 11) is 0. The van der Waals surface area contributed by atoms with E-state index in [1.54, 1.807) is 13.1 Å². The summed E-state index contributed by atoms with van der Waals surface area (Å²) in [6.45, 7) is 7.40. The molecule has 2 N–H and O–H groups in total. The van der Waals surface area contributed by atoms with Crippen LogP contribution in [-0.2, 0) is 0 Å². The summed E-state index contributed by atoms with van der Waals surface area (Å²) >= 11 is 5.90. The van der Waals surface area contributed by atoms with Crippen LogP contribution in [0.4, 0.5) is 5.69 Å². The molecule has 2 aromatic rings. The average Bonchev–Trinajstić information content (AvgIpc) is 2.32. The van der Waals surface area contributed by atoms with Gasteiger partial charge in [-0.3, -0.25) is 4.79 Å². The van der Waals surface area contributed by atoms with E-state index in [9.17, 15) is 4.79 Å². The fourth-order valence-electron chi connectivity index (χ4n) is 2.20. The maximum absolute atomic E-state index is 12.0. The number of aromatic amines is 1. The van der Waals surface area contributed by atoms with Gasteiger partial charge in [0.1, 0.15) is 11.0 Å². The largest absolute Gasteiger partial charge is 0.377 e. The second kappa shape index (κ2) is 5.63. The van der Waals surface area contributed by atoms with Crippen molar-refractivity contribution in [3.05, 3.63) is 50.4 Å². The number of halogens is 1. The van der Waals surface area contributed by atoms with E-state index in [0.717, 1.165) is 16.9 Å². The van der Waals surface area contributed by atoms with E-state index < -0.39 is 0 Å². The number of nitrogens with zero attached hydrogens (tertiary/aromatic N) is 2. The molecule has 0 spiro atoms. The molecule has 0 amide bonds. The number of aryl methyl sites for hydroxylation is 3. The van der Waals surface area contributed by atoms with E-state index >= 15 is 0 Å². The molecule has 2 rings (SSSR count). The van der Waals surface area contributed by atoms with Gasteiger partial charge in [-0.15, -0.1) is 0 Å². The van der Waals surface area contributed by atoms with Crippen molar-refractivity contribution in [2.45, 2.75) is 33.7 Å². The van der Waals surface area contributed by atoms with Crippen LogP contribution in [0.15, 0.2) is 17.1 Å². The predicted molar refractivity (Wildman–Crippen MR) is 80.4 cm³/mol. The highest BCUT2D eigenvalue weighted by molar-refractivity contribution is 6.30. The fourth-order valence-corrected chi connectivity index (χ4v) is 2.31. The quantitative estimate of drug-likeness (QED) is 0.853. The van der Waals surface area contributed by atoms with Gasteiger partial charge in [0, 0.05) is 0 Å². The molecule has 2 aromatic heterocycles. The second-order valence-corrected chi connectivity index (χ2v) is 5.21. The van der Waals surface area contributed by atoms with Gasteiger partial charge < -0.3 is 10.3 Å². The van der Waals surface area contributed by atoms with Gasteiger partial charge in [0.05, 0.1) is 29.2 Å². The van der Waals surface area contributed by atoms with Crippen LogP contribution in [0, 0.1) is 20.8 Å². The minimum atomic E-state index is -0.172. The van der Waals surface area contributed by atoms with E-state index in [1.807, 2.05) is 26.8 Å². The standard InChI is InChI=1S/C14H17ClN4O/c1-7-5-11(6-16-13(7)15)18-9(3)12-8(2)17-10(4)19-14(12)20/h5-6,9,18H,1-4H3,(H,17,19,20). The molecule has 0 saturated heterocycles. The van der Waals surface area contributed by atoms with Crippen LogP contribution in [0.1, 0.15) is 35.6 Å². The minimum absolute atomic E-state index is 0.117. The van der Waals surface area contributed by atoms with Crippen LogP contribution in [0.3, 0.4) is 0 Å². The van der Waals surface area contributed by atoms with Crippen molar-refractivity contribution in [2.24, 2.45) is 0 Å². The number of hydrogen-bond acceptors (Lipinski definition) is 4. The summed E-state index contributed by atoms with van der Waals surface area (Å²) in [4.78, 5) is 23.1. The molecule has 5 nitrogen and oxygen atoms in total. The summed E-state index contributed by atoms with van der Waals surface area (Å²) in [5.41, 5.74) is 2.94. The van der Waals surface area contributed by atoms with E-state index in [1.165, 1.54) is 0 Å². The molecule has 6 heteroatoms. The SMILES string of the molecule is Cc1nc(C)c(C(C)Nc2cnc(Cl)c(C)c2)c(=O)[nH]1. The molecule has 0 bridgehead atoms. The van der Waals surface area contributed by atoms with Crippen LogP contribution >= 0.6 is 11.6 Å². The molecule has 1 unspecified atom stereocenters. The summed E-state index contributed by atoms with van der Waals surface area (Å²) in [6, 6.07) is 1.73. The Balaban J connectivity index is 2.30. The Labute approximate surface area is 122 Å². The highest BCUT2D eigenvalue weighted by Crippen LogP contribution is 2.21. The molecule has 0 aromatic carbocycles. The Morgan fingerprint density at radius 2 is 2.05 bits per heavy atom. The lowest BCUT2D eigenvalue weighted by Gasteiger charge is -2.17. The van der Waals surface area contributed by atoms with Gasteiger partial charge in [-0.2, -0.15) is 0 Å². The first-order chi connectivity index (χ1) is 9.38. The summed E-state index contributed by atoms with van der Waals surface area (Å²) in [6.07, 6.45) is 1.65. The molecular weight excluding hydrogens is 276 g/mol. The summed E-state index contributed by atoms with van der Waals surface area (Å²) < 4.78 is 0. The zero-order valence-electron chi connectivity index (χ0n) is 11.9. The summed E-state index contributed by atoms with van der Waals surface area (Å²) in [5, 5.41) is 3.73. The number of pyridine rings is 1. The Hall–Kier alpha value is -1.88. The zero-order chi connectivity index (χ0) is 14.9. The fraction of sp³-hybridized carbons (Fsp3) is 0.357. The molecule has 106 valence electrons. The maximum Gasteiger partial charge on any atom is 0.256 e. The molecule has 0 aliphatic heterocycles. The van der Waals surface area contributed by atoms with Crippen molar-refractivity contribution in [2.75, 3.05) is 5.32 Å². The van der Waals surface area contributed by atoms with Gasteiger partial charge in [0.15, 0.2) is 0 Å². The Kier molecular flexibility index (Phi) is 4.09. The molecule has 0 radical (unpaired) electrons. The van der Waals surface area contributed by atoms with Crippen molar-refractivity contribution in [1.29, 1.82) is 0 Å². The predicted octanol–water partition coefficient (Wildman–Crippen LogP) is 2.92. The van der Waals surface area contributed by atoms with Crippen LogP contribution in [-0.4, -0.2) is 15.0 Å². The second-order valence-electron chi connectivity index (χ2n) is 4.85. The normalized spacial score (nSPS) is 12.2. The van der Waals surface area contributed by atoms with E-state index in [0.29, 0.717) is 16.5 Å². The van der Waals surface area contributed by atoms with E-state index in [-0.39, 0.29) is 11.6 Å². The molecule has 1 atom stereocenters. The Morgan fingerprint density at radius 1 is 1.35 bits per heavy atom. The molecule has 2 heterocycles. The molecule has 20 heavy (non-hydrogen) atoms. The van der Waals surface area contributed by atoms with Gasteiger partial charge in [-0.25, -0.2) is 9.97 Å². The number of nitrogens with one attached hydrogen (secondary N) is 2. The van der Waals surface area contributed by atoms with E-state index in [2.05, 4.69) is 20.3 Å². The van der Waals surface area contributed by atoms with Gasteiger partial charge >= 0.3 is 0 Å². The highest BCUT2D eigenvalue weighted by Gasteiger charge is 2.14. The first kappa shape index (κ1) is 14.5. The third kappa shape index (κ3) is 2.99. The third-order valence-electron chi connectivity index (χ3n) is 3.09. The zero-order valence-corrected chi connectivity index (χ0v) is 12.7.